The lowest BCUT2D eigenvalue weighted by molar-refractivity contribution is -0.431. The molecule has 0 saturated heterocycles. The van der Waals surface area contributed by atoms with E-state index in [1.807, 2.05) is 13.0 Å². The smallest absolute Gasteiger partial charge is 0.253 e. The molecule has 17 heavy (non-hydrogen) atoms. The van der Waals surface area contributed by atoms with E-state index in [1.165, 1.54) is 0 Å². The standard InChI is InChI=1S/C13H18N3O/c1-8(2)10(4)17-13-12-9(3)15-16(5)11(12)6-7-14-13/h6-8,10H,5H2,1-4H3/q+1. The van der Waals surface area contributed by atoms with Crippen molar-refractivity contribution >= 4 is 18.1 Å². The van der Waals surface area contributed by atoms with Crippen LogP contribution >= 0.6 is 0 Å². The monoisotopic (exact) mass is 232 g/mol. The Hall–Kier alpha value is -1.71. The van der Waals surface area contributed by atoms with Crippen molar-refractivity contribution < 1.29 is 9.42 Å². The minimum Gasteiger partial charge on any atom is -0.474 e. The topological polar surface area (TPSA) is 37.5 Å². The highest BCUT2D eigenvalue weighted by atomic mass is 16.5. The third kappa shape index (κ3) is 2.07. The predicted molar refractivity (Wildman–Crippen MR) is 68.4 cm³/mol. The van der Waals surface area contributed by atoms with E-state index in [0.29, 0.717) is 11.8 Å². The summed E-state index contributed by atoms with van der Waals surface area (Å²) in [7, 11) is 0. The van der Waals surface area contributed by atoms with Gasteiger partial charge < -0.3 is 4.74 Å². The lowest BCUT2D eigenvalue weighted by Crippen LogP contribution is -2.20. The van der Waals surface area contributed by atoms with Gasteiger partial charge in [0.15, 0.2) is 6.72 Å². The van der Waals surface area contributed by atoms with E-state index in [9.17, 15) is 0 Å². The van der Waals surface area contributed by atoms with Gasteiger partial charge in [-0.05, 0) is 19.8 Å². The van der Waals surface area contributed by atoms with Crippen LogP contribution in [-0.4, -0.2) is 28.2 Å². The van der Waals surface area contributed by atoms with Gasteiger partial charge in [-0.3, -0.25) is 0 Å². The minimum atomic E-state index is 0.126. The van der Waals surface area contributed by atoms with Crippen molar-refractivity contribution in [3.8, 4) is 5.88 Å². The van der Waals surface area contributed by atoms with Gasteiger partial charge in [-0.15, -0.1) is 0 Å². The minimum absolute atomic E-state index is 0.126. The zero-order valence-electron chi connectivity index (χ0n) is 10.8. The molecule has 0 aliphatic carbocycles. The summed E-state index contributed by atoms with van der Waals surface area (Å²) in [6.45, 7) is 12.1. The molecule has 0 aromatic carbocycles. The summed E-state index contributed by atoms with van der Waals surface area (Å²) in [5.74, 6) is 1.10. The molecule has 4 heteroatoms. The van der Waals surface area contributed by atoms with Gasteiger partial charge in [0, 0.05) is 17.4 Å². The molecule has 0 spiro atoms. The van der Waals surface area contributed by atoms with Gasteiger partial charge in [-0.25, -0.2) is 4.98 Å². The second-order valence-corrected chi connectivity index (χ2v) is 4.66. The van der Waals surface area contributed by atoms with Crippen molar-refractivity contribution in [2.45, 2.75) is 33.8 Å². The van der Waals surface area contributed by atoms with Crippen molar-refractivity contribution in [2.75, 3.05) is 0 Å². The molecule has 0 amide bonds. The van der Waals surface area contributed by atoms with Crippen LogP contribution in [0.3, 0.4) is 0 Å². The number of nitrogens with zero attached hydrogens (tertiary/aromatic N) is 3. The zero-order valence-corrected chi connectivity index (χ0v) is 10.8. The van der Waals surface area contributed by atoms with Crippen LogP contribution < -0.4 is 4.74 Å². The number of hydrazone groups is 1. The summed E-state index contributed by atoms with van der Waals surface area (Å²) in [5, 5.41) is 4.29. The van der Waals surface area contributed by atoms with Crippen LogP contribution in [0.25, 0.3) is 0 Å². The van der Waals surface area contributed by atoms with Crippen molar-refractivity contribution in [1.82, 2.24) is 4.98 Å². The van der Waals surface area contributed by atoms with E-state index in [-0.39, 0.29) is 6.10 Å². The van der Waals surface area contributed by atoms with Crippen LogP contribution in [0.15, 0.2) is 17.4 Å². The van der Waals surface area contributed by atoms with Crippen molar-refractivity contribution in [3.63, 3.8) is 0 Å². The highest BCUT2D eigenvalue weighted by Crippen LogP contribution is 2.32. The molecule has 1 aliphatic rings. The molecule has 1 aliphatic heterocycles. The Labute approximate surface area is 102 Å². The predicted octanol–water partition coefficient (Wildman–Crippen LogP) is 2.59. The maximum atomic E-state index is 5.89. The zero-order chi connectivity index (χ0) is 12.6. The van der Waals surface area contributed by atoms with Crippen molar-refractivity contribution in [2.24, 2.45) is 11.0 Å². The fourth-order valence-corrected chi connectivity index (χ4v) is 1.67. The van der Waals surface area contributed by atoms with E-state index in [2.05, 4.69) is 37.6 Å². The van der Waals surface area contributed by atoms with Crippen molar-refractivity contribution in [1.29, 1.82) is 0 Å². The second-order valence-electron chi connectivity index (χ2n) is 4.66. The number of pyridine rings is 1. The fraction of sp³-hybridized carbons (Fsp3) is 0.462. The van der Waals surface area contributed by atoms with Crippen molar-refractivity contribution in [3.05, 3.63) is 17.8 Å². The van der Waals surface area contributed by atoms with E-state index < -0.39 is 0 Å². The first-order chi connectivity index (χ1) is 8.00. The molecule has 2 heterocycles. The van der Waals surface area contributed by atoms with Gasteiger partial charge in [-0.1, -0.05) is 18.5 Å². The SMILES string of the molecule is C=[N+]1N=C(C)c2c1ccnc2OC(C)C(C)C. The number of fused-ring (bicyclic) bond motifs is 1. The first-order valence-electron chi connectivity index (χ1n) is 5.82. The Bertz CT molecular complexity index is 491. The van der Waals surface area contributed by atoms with E-state index in [1.54, 1.807) is 10.9 Å². The third-order valence-corrected chi connectivity index (χ3v) is 3.04. The Morgan fingerprint density at radius 3 is 2.71 bits per heavy atom. The van der Waals surface area contributed by atoms with Gasteiger partial charge in [-0.2, -0.15) is 0 Å². The molecule has 0 saturated carbocycles. The Morgan fingerprint density at radius 1 is 1.35 bits per heavy atom. The van der Waals surface area contributed by atoms with Gasteiger partial charge in [0.2, 0.25) is 5.88 Å². The van der Waals surface area contributed by atoms with Gasteiger partial charge >= 0.3 is 0 Å². The number of hydrogen-bond acceptors (Lipinski definition) is 3. The van der Waals surface area contributed by atoms with Gasteiger partial charge in [0.1, 0.15) is 11.3 Å². The van der Waals surface area contributed by atoms with Gasteiger partial charge in [0.05, 0.1) is 6.10 Å². The van der Waals surface area contributed by atoms with Crippen LogP contribution in [0.4, 0.5) is 5.69 Å². The quantitative estimate of drug-likeness (QED) is 0.751. The highest BCUT2D eigenvalue weighted by molar-refractivity contribution is 6.05. The molecule has 0 N–H and O–H groups in total. The lowest BCUT2D eigenvalue weighted by atomic mass is 10.1. The number of aromatic nitrogens is 1. The molecule has 0 bridgehead atoms. The van der Waals surface area contributed by atoms with E-state index in [0.717, 1.165) is 17.0 Å². The molecule has 90 valence electrons. The van der Waals surface area contributed by atoms with E-state index in [4.69, 9.17) is 4.74 Å². The first-order valence-corrected chi connectivity index (χ1v) is 5.82. The Kier molecular flexibility index (Phi) is 2.96. The molecular weight excluding hydrogens is 214 g/mol. The molecule has 1 unspecified atom stereocenters. The highest BCUT2D eigenvalue weighted by Gasteiger charge is 2.29. The molecule has 4 nitrogen and oxygen atoms in total. The molecule has 1 aromatic heterocycles. The van der Waals surface area contributed by atoms with Crippen LogP contribution in [0.5, 0.6) is 5.88 Å². The first kappa shape index (κ1) is 11.8. The number of hydrogen-bond donors (Lipinski definition) is 0. The summed E-state index contributed by atoms with van der Waals surface area (Å²) >= 11 is 0. The third-order valence-electron chi connectivity index (χ3n) is 3.04. The fourth-order valence-electron chi connectivity index (χ4n) is 1.67. The van der Waals surface area contributed by atoms with E-state index >= 15 is 0 Å². The normalized spacial score (nSPS) is 15.8. The maximum Gasteiger partial charge on any atom is 0.253 e. The Morgan fingerprint density at radius 2 is 2.06 bits per heavy atom. The Balaban J connectivity index is 2.38. The van der Waals surface area contributed by atoms with Crippen LogP contribution in [0, 0.1) is 5.92 Å². The average Bonchev–Trinajstić information content (AvgIpc) is 2.55. The molecule has 1 aromatic rings. The largest absolute Gasteiger partial charge is 0.474 e. The molecule has 0 radical (unpaired) electrons. The maximum absolute atomic E-state index is 5.89. The summed E-state index contributed by atoms with van der Waals surface area (Å²) in [5.41, 5.74) is 2.80. The lowest BCUT2D eigenvalue weighted by Gasteiger charge is -2.17. The summed E-state index contributed by atoms with van der Waals surface area (Å²) in [6.07, 6.45) is 1.86. The van der Waals surface area contributed by atoms with Crippen LogP contribution in [-0.2, 0) is 0 Å². The summed E-state index contributed by atoms with van der Waals surface area (Å²) in [6, 6.07) is 1.90. The average molecular weight is 232 g/mol. The van der Waals surface area contributed by atoms with Crippen LogP contribution in [0.1, 0.15) is 33.3 Å². The molecule has 0 fully saturated rings. The second kappa shape index (κ2) is 4.28. The summed E-state index contributed by atoms with van der Waals surface area (Å²) < 4.78 is 7.50. The summed E-state index contributed by atoms with van der Waals surface area (Å²) in [4.78, 5) is 4.30. The van der Waals surface area contributed by atoms with Gasteiger partial charge in [0.25, 0.3) is 5.69 Å². The van der Waals surface area contributed by atoms with Crippen LogP contribution in [0.2, 0.25) is 0 Å². The number of rotatable bonds is 3. The molecular formula is C13H18N3O+. The molecule has 2 rings (SSSR count). The number of ether oxygens (including phenoxy) is 1. The molecule has 1 atom stereocenters.